The summed E-state index contributed by atoms with van der Waals surface area (Å²) in [7, 11) is 0. The molecule has 0 fully saturated rings. The number of anilines is 2. The molecule has 0 atom stereocenters. The summed E-state index contributed by atoms with van der Waals surface area (Å²) >= 11 is 3.06. The van der Waals surface area contributed by atoms with E-state index in [9.17, 15) is 4.79 Å². The Kier molecular flexibility index (Phi) is 5.38. The van der Waals surface area contributed by atoms with Crippen LogP contribution in [0.3, 0.4) is 0 Å². The van der Waals surface area contributed by atoms with Crippen molar-refractivity contribution < 1.29 is 4.79 Å². The maximum absolute atomic E-state index is 12.0. The summed E-state index contributed by atoms with van der Waals surface area (Å²) in [5, 5.41) is 2.93. The Morgan fingerprint density at radius 2 is 1.75 bits per heavy atom. The Labute approximate surface area is 127 Å². The van der Waals surface area contributed by atoms with E-state index in [4.69, 9.17) is 5.73 Å². The van der Waals surface area contributed by atoms with Crippen LogP contribution in [-0.4, -0.2) is 17.9 Å². The van der Waals surface area contributed by atoms with Gasteiger partial charge in [0.05, 0.1) is 11.4 Å². The van der Waals surface area contributed by atoms with E-state index in [1.807, 2.05) is 54.8 Å². The summed E-state index contributed by atoms with van der Waals surface area (Å²) in [6.45, 7) is 0. The third-order valence-corrected chi connectivity index (χ3v) is 4.54. The number of thioether (sulfide) groups is 2. The lowest BCUT2D eigenvalue weighted by Gasteiger charge is -2.09. The highest BCUT2D eigenvalue weighted by atomic mass is 32.2. The second-order valence-electron chi connectivity index (χ2n) is 4.07. The average molecular weight is 304 g/mol. The van der Waals surface area contributed by atoms with Crippen molar-refractivity contribution in [2.75, 3.05) is 23.1 Å². The minimum atomic E-state index is -0.0280. The maximum atomic E-state index is 12.0. The summed E-state index contributed by atoms with van der Waals surface area (Å²) in [4.78, 5) is 14.0. The van der Waals surface area contributed by atoms with Crippen LogP contribution in [0.15, 0.2) is 58.3 Å². The van der Waals surface area contributed by atoms with Gasteiger partial charge in [-0.3, -0.25) is 4.79 Å². The molecule has 0 unspecified atom stereocenters. The molecule has 3 N–H and O–H groups in total. The van der Waals surface area contributed by atoms with Gasteiger partial charge in [-0.25, -0.2) is 0 Å². The van der Waals surface area contributed by atoms with Gasteiger partial charge >= 0.3 is 0 Å². The highest BCUT2D eigenvalue weighted by Crippen LogP contribution is 2.26. The van der Waals surface area contributed by atoms with E-state index in [1.54, 1.807) is 11.8 Å². The molecule has 0 heterocycles. The lowest BCUT2D eigenvalue weighted by atomic mass is 10.3. The normalized spacial score (nSPS) is 10.2. The van der Waals surface area contributed by atoms with Gasteiger partial charge in [0.1, 0.15) is 0 Å². The molecule has 20 heavy (non-hydrogen) atoms. The number of nitrogens with two attached hydrogens (primary N) is 1. The third kappa shape index (κ3) is 3.95. The standard InChI is InChI=1S/C15H16N2OS2/c1-19-14-9-5-3-7-12(14)17-15(18)10-20-13-8-4-2-6-11(13)16/h2-9H,10,16H2,1H3,(H,17,18). The number of nitrogens with one attached hydrogen (secondary N) is 1. The van der Waals surface area contributed by atoms with Gasteiger partial charge in [-0.2, -0.15) is 0 Å². The van der Waals surface area contributed by atoms with Gasteiger partial charge < -0.3 is 11.1 Å². The Morgan fingerprint density at radius 3 is 2.45 bits per heavy atom. The molecule has 0 saturated carbocycles. The second-order valence-corrected chi connectivity index (χ2v) is 5.94. The molecule has 5 heteroatoms. The molecule has 0 radical (unpaired) electrons. The van der Waals surface area contributed by atoms with Crippen molar-refractivity contribution in [3.63, 3.8) is 0 Å². The fraction of sp³-hybridized carbons (Fsp3) is 0.133. The Morgan fingerprint density at radius 1 is 1.10 bits per heavy atom. The minimum Gasteiger partial charge on any atom is -0.398 e. The quantitative estimate of drug-likeness (QED) is 0.653. The van der Waals surface area contributed by atoms with Crippen molar-refractivity contribution in [3.8, 4) is 0 Å². The number of nitrogen functional groups attached to an aromatic ring is 1. The number of carbonyl (C=O) groups is 1. The number of carbonyl (C=O) groups excluding carboxylic acids is 1. The van der Waals surface area contributed by atoms with E-state index in [0.29, 0.717) is 11.4 Å². The molecule has 3 nitrogen and oxygen atoms in total. The first-order valence-corrected chi connectivity index (χ1v) is 8.32. The largest absolute Gasteiger partial charge is 0.398 e. The fourth-order valence-corrected chi connectivity index (χ4v) is 3.01. The van der Waals surface area contributed by atoms with Crippen LogP contribution in [0.1, 0.15) is 0 Å². The summed E-state index contributed by atoms with van der Waals surface area (Å²) in [6, 6.07) is 15.3. The van der Waals surface area contributed by atoms with Crippen molar-refractivity contribution >= 4 is 40.8 Å². The van der Waals surface area contributed by atoms with Crippen LogP contribution in [-0.2, 0) is 4.79 Å². The Hall–Kier alpha value is -1.59. The summed E-state index contributed by atoms with van der Waals surface area (Å²) in [5.74, 6) is 0.316. The molecule has 0 spiro atoms. The number of hydrogen-bond acceptors (Lipinski definition) is 4. The number of benzene rings is 2. The van der Waals surface area contributed by atoms with Gasteiger partial charge in [0.25, 0.3) is 0 Å². The predicted molar refractivity (Wildman–Crippen MR) is 88.4 cm³/mol. The molecule has 0 aliphatic heterocycles. The van der Waals surface area contributed by atoms with Gasteiger partial charge in [-0.05, 0) is 30.5 Å². The summed E-state index contributed by atoms with van der Waals surface area (Å²) in [6.07, 6.45) is 1.99. The van der Waals surface area contributed by atoms with E-state index < -0.39 is 0 Å². The molecule has 0 bridgehead atoms. The molecule has 0 aliphatic rings. The van der Waals surface area contributed by atoms with E-state index in [1.165, 1.54) is 11.8 Å². The summed E-state index contributed by atoms with van der Waals surface area (Å²) in [5.41, 5.74) is 7.41. The van der Waals surface area contributed by atoms with Crippen LogP contribution >= 0.6 is 23.5 Å². The van der Waals surface area contributed by atoms with Crippen molar-refractivity contribution in [2.24, 2.45) is 0 Å². The molecule has 0 aromatic heterocycles. The van der Waals surface area contributed by atoms with Gasteiger partial charge in [0.15, 0.2) is 0 Å². The predicted octanol–water partition coefficient (Wildman–Crippen LogP) is 3.72. The number of rotatable bonds is 5. The van der Waals surface area contributed by atoms with Crippen molar-refractivity contribution in [3.05, 3.63) is 48.5 Å². The van der Waals surface area contributed by atoms with Gasteiger partial charge in [-0.15, -0.1) is 23.5 Å². The zero-order valence-corrected chi connectivity index (χ0v) is 12.8. The molecule has 104 valence electrons. The van der Waals surface area contributed by atoms with Gasteiger partial charge in [-0.1, -0.05) is 24.3 Å². The number of hydrogen-bond donors (Lipinski definition) is 2. The minimum absolute atomic E-state index is 0.0280. The molecular weight excluding hydrogens is 288 g/mol. The van der Waals surface area contributed by atoms with E-state index in [2.05, 4.69) is 5.32 Å². The molecule has 0 saturated heterocycles. The molecule has 1 amide bonds. The van der Waals surface area contributed by atoms with Gasteiger partial charge in [0.2, 0.25) is 5.91 Å². The highest BCUT2D eigenvalue weighted by molar-refractivity contribution is 8.00. The van der Waals surface area contributed by atoms with Crippen molar-refractivity contribution in [2.45, 2.75) is 9.79 Å². The van der Waals surface area contributed by atoms with Crippen LogP contribution in [0.25, 0.3) is 0 Å². The van der Waals surface area contributed by atoms with Crippen LogP contribution in [0.4, 0.5) is 11.4 Å². The van der Waals surface area contributed by atoms with E-state index in [-0.39, 0.29) is 5.91 Å². The smallest absolute Gasteiger partial charge is 0.234 e. The molecular formula is C15H16N2OS2. The van der Waals surface area contributed by atoms with Crippen molar-refractivity contribution in [1.29, 1.82) is 0 Å². The molecule has 2 aromatic carbocycles. The average Bonchev–Trinajstić information content (AvgIpc) is 2.47. The lowest BCUT2D eigenvalue weighted by molar-refractivity contribution is -0.113. The van der Waals surface area contributed by atoms with Crippen LogP contribution < -0.4 is 11.1 Å². The third-order valence-electron chi connectivity index (χ3n) is 2.66. The lowest BCUT2D eigenvalue weighted by Crippen LogP contribution is -2.14. The fourth-order valence-electron chi connectivity index (χ4n) is 1.69. The molecule has 0 aliphatic carbocycles. The SMILES string of the molecule is CSc1ccccc1NC(=O)CSc1ccccc1N. The molecule has 2 aromatic rings. The Balaban J connectivity index is 1.95. The molecule has 2 rings (SSSR count). The van der Waals surface area contributed by atoms with Crippen LogP contribution in [0.2, 0.25) is 0 Å². The first kappa shape index (κ1) is 14.8. The van der Waals surface area contributed by atoms with Gasteiger partial charge in [0, 0.05) is 15.5 Å². The first-order valence-electron chi connectivity index (χ1n) is 6.11. The van der Waals surface area contributed by atoms with E-state index >= 15 is 0 Å². The maximum Gasteiger partial charge on any atom is 0.234 e. The second kappa shape index (κ2) is 7.26. The number of para-hydroxylation sites is 2. The monoisotopic (exact) mass is 304 g/mol. The zero-order chi connectivity index (χ0) is 14.4. The highest BCUT2D eigenvalue weighted by Gasteiger charge is 2.07. The van der Waals surface area contributed by atoms with Crippen LogP contribution in [0, 0.1) is 0 Å². The Bertz CT molecular complexity index is 602. The van der Waals surface area contributed by atoms with E-state index in [0.717, 1.165) is 15.5 Å². The van der Waals surface area contributed by atoms with Crippen molar-refractivity contribution in [1.82, 2.24) is 0 Å². The topological polar surface area (TPSA) is 55.1 Å². The zero-order valence-electron chi connectivity index (χ0n) is 11.1. The number of amides is 1. The van der Waals surface area contributed by atoms with Crippen LogP contribution in [0.5, 0.6) is 0 Å². The summed E-state index contributed by atoms with van der Waals surface area (Å²) < 4.78 is 0. The first-order chi connectivity index (χ1) is 9.70.